The summed E-state index contributed by atoms with van der Waals surface area (Å²) in [6.45, 7) is 11.8. The fourth-order valence-electron chi connectivity index (χ4n) is 1.18. The molecule has 0 aliphatic carbocycles. The van der Waals surface area contributed by atoms with Gasteiger partial charge in [-0.2, -0.15) is 0 Å². The highest BCUT2D eigenvalue weighted by Gasteiger charge is 2.17. The van der Waals surface area contributed by atoms with E-state index in [0.29, 0.717) is 6.54 Å². The third-order valence-corrected chi connectivity index (χ3v) is 2.60. The molecule has 0 radical (unpaired) electrons. The zero-order valence-electron chi connectivity index (χ0n) is 14.9. The highest BCUT2D eigenvalue weighted by molar-refractivity contribution is 5.85. The number of carboxylic acids is 2. The lowest BCUT2D eigenvalue weighted by Gasteiger charge is -2.23. The van der Waals surface area contributed by atoms with Crippen molar-refractivity contribution in [1.29, 1.82) is 0 Å². The molecule has 0 fully saturated rings. The fraction of sp³-hybridized carbons (Fsp3) is 0.625. The summed E-state index contributed by atoms with van der Waals surface area (Å²) < 4.78 is 5.15. The van der Waals surface area contributed by atoms with E-state index in [1.807, 2.05) is 6.92 Å². The number of nitrogens with one attached hydrogen (secondary N) is 1. The number of ether oxygens (including phenoxy) is 1. The van der Waals surface area contributed by atoms with Crippen LogP contribution in [0.4, 0.5) is 0 Å². The van der Waals surface area contributed by atoms with E-state index >= 15 is 0 Å². The Balaban J connectivity index is -0.000000309. The Morgan fingerprint density at radius 3 is 1.62 bits per heavy atom. The van der Waals surface area contributed by atoms with E-state index in [1.165, 1.54) is 13.8 Å². The smallest absolute Gasteiger partial charge is 0.330 e. The molecule has 0 aromatic carbocycles. The lowest BCUT2D eigenvalue weighted by Crippen LogP contribution is -2.44. The maximum Gasteiger partial charge on any atom is 0.330 e. The summed E-state index contributed by atoms with van der Waals surface area (Å²) in [5, 5.41) is 36.3. The van der Waals surface area contributed by atoms with Crippen LogP contribution in [-0.4, -0.2) is 71.4 Å². The molecule has 8 nitrogen and oxygen atoms in total. The van der Waals surface area contributed by atoms with Crippen LogP contribution in [-0.2, 0) is 14.3 Å². The van der Waals surface area contributed by atoms with E-state index in [4.69, 9.17) is 25.2 Å². The molecule has 5 N–H and O–H groups in total. The van der Waals surface area contributed by atoms with Gasteiger partial charge in [0.05, 0.1) is 25.4 Å². The second-order valence-corrected chi connectivity index (χ2v) is 4.82. The Morgan fingerprint density at radius 2 is 1.46 bits per heavy atom. The maximum absolute atomic E-state index is 9.60. The molecule has 0 saturated heterocycles. The van der Waals surface area contributed by atoms with Gasteiger partial charge >= 0.3 is 11.9 Å². The monoisotopic (exact) mass is 349 g/mol. The summed E-state index contributed by atoms with van der Waals surface area (Å²) in [5.41, 5.74) is 0.352. The Bertz CT molecular complexity index is 331. The van der Waals surface area contributed by atoms with Crippen LogP contribution in [0.3, 0.4) is 0 Å². The highest BCUT2D eigenvalue weighted by Crippen LogP contribution is 2.02. The van der Waals surface area contributed by atoms with Gasteiger partial charge in [-0.1, -0.05) is 20.1 Å². The molecule has 0 bridgehead atoms. The fourth-order valence-corrected chi connectivity index (χ4v) is 1.18. The predicted octanol–water partition coefficient (Wildman–Crippen LogP) is 0.648. The highest BCUT2D eigenvalue weighted by atomic mass is 16.5. The molecule has 8 heteroatoms. The number of carboxylic acid groups (broad SMARTS) is 2. The molecule has 0 aromatic heterocycles. The molecule has 0 rings (SSSR count). The van der Waals surface area contributed by atoms with Crippen LogP contribution in [0.1, 0.15) is 27.2 Å². The summed E-state index contributed by atoms with van der Waals surface area (Å²) in [7, 11) is 1.62. The van der Waals surface area contributed by atoms with Gasteiger partial charge in [-0.3, -0.25) is 0 Å². The summed E-state index contributed by atoms with van der Waals surface area (Å²) >= 11 is 0. The van der Waals surface area contributed by atoms with E-state index in [-0.39, 0.29) is 36.5 Å². The lowest BCUT2D eigenvalue weighted by molar-refractivity contribution is -0.133. The molecule has 2 atom stereocenters. The van der Waals surface area contributed by atoms with Crippen molar-refractivity contribution < 1.29 is 34.8 Å². The summed E-state index contributed by atoms with van der Waals surface area (Å²) in [6.07, 6.45) is 0.863. The SMILES string of the molecule is C=C(C)C(=O)O.C=C(C)C(=O)O.CCC(OC)C(CO)NCCO. The van der Waals surface area contributed by atoms with Gasteiger partial charge in [-0.15, -0.1) is 0 Å². The molecule has 0 aromatic rings. The van der Waals surface area contributed by atoms with Crippen molar-refractivity contribution in [3.8, 4) is 0 Å². The van der Waals surface area contributed by atoms with Crippen LogP contribution in [0.5, 0.6) is 0 Å². The van der Waals surface area contributed by atoms with Crippen molar-refractivity contribution in [1.82, 2.24) is 5.32 Å². The largest absolute Gasteiger partial charge is 0.478 e. The number of hydrogen-bond acceptors (Lipinski definition) is 6. The number of rotatable bonds is 9. The minimum absolute atomic E-state index is 0.0153. The molecular weight excluding hydrogens is 318 g/mol. The predicted molar refractivity (Wildman–Crippen MR) is 91.9 cm³/mol. The standard InChI is InChI=1S/C8H19NO3.2C4H6O2/c1-3-8(12-2)7(6-11)9-4-5-10;2*1-3(2)4(5)6/h7-11H,3-6H2,1-2H3;2*1H2,2H3,(H,5,6). The minimum Gasteiger partial charge on any atom is -0.478 e. The first-order valence-corrected chi connectivity index (χ1v) is 7.34. The van der Waals surface area contributed by atoms with Crippen LogP contribution in [0, 0.1) is 0 Å². The first-order valence-electron chi connectivity index (χ1n) is 7.34. The van der Waals surface area contributed by atoms with E-state index in [9.17, 15) is 9.59 Å². The van der Waals surface area contributed by atoms with Gasteiger partial charge in [-0.05, 0) is 20.3 Å². The second kappa shape index (κ2) is 17.6. The van der Waals surface area contributed by atoms with Gasteiger partial charge in [0.1, 0.15) is 0 Å². The van der Waals surface area contributed by atoms with Gasteiger partial charge in [-0.25, -0.2) is 9.59 Å². The van der Waals surface area contributed by atoms with Crippen LogP contribution >= 0.6 is 0 Å². The van der Waals surface area contributed by atoms with Crippen molar-refractivity contribution in [3.05, 3.63) is 24.3 Å². The first-order chi connectivity index (χ1) is 11.1. The number of methoxy groups -OCH3 is 1. The van der Waals surface area contributed by atoms with Gasteiger partial charge in [0, 0.05) is 24.8 Å². The zero-order valence-corrected chi connectivity index (χ0v) is 14.9. The number of aliphatic hydroxyl groups is 2. The van der Waals surface area contributed by atoms with Crippen molar-refractivity contribution in [2.45, 2.75) is 39.3 Å². The first kappa shape index (κ1) is 27.1. The molecule has 0 aliphatic rings. The summed E-state index contributed by atoms with van der Waals surface area (Å²) in [4.78, 5) is 19.2. The zero-order chi connectivity index (χ0) is 19.7. The van der Waals surface area contributed by atoms with Crippen LogP contribution in [0.2, 0.25) is 0 Å². The maximum atomic E-state index is 9.60. The number of carbonyl (C=O) groups is 2. The topological polar surface area (TPSA) is 136 Å². The number of aliphatic carboxylic acids is 2. The summed E-state index contributed by atoms with van der Waals surface area (Å²) in [6, 6.07) is -0.0767. The van der Waals surface area contributed by atoms with E-state index < -0.39 is 11.9 Å². The number of aliphatic hydroxyl groups excluding tert-OH is 2. The van der Waals surface area contributed by atoms with Crippen molar-refractivity contribution in [2.75, 3.05) is 26.9 Å². The summed E-state index contributed by atoms with van der Waals surface area (Å²) in [5.74, 6) is -1.87. The average Bonchev–Trinajstić information content (AvgIpc) is 2.52. The Hall–Kier alpha value is -1.74. The normalized spacial score (nSPS) is 11.8. The average molecular weight is 349 g/mol. The van der Waals surface area contributed by atoms with E-state index in [1.54, 1.807) is 7.11 Å². The lowest BCUT2D eigenvalue weighted by atomic mass is 10.1. The molecule has 0 saturated carbocycles. The molecule has 2 unspecified atom stereocenters. The van der Waals surface area contributed by atoms with Crippen molar-refractivity contribution in [3.63, 3.8) is 0 Å². The number of hydrogen-bond donors (Lipinski definition) is 5. The van der Waals surface area contributed by atoms with Crippen LogP contribution in [0.25, 0.3) is 0 Å². The van der Waals surface area contributed by atoms with Crippen molar-refractivity contribution >= 4 is 11.9 Å². The van der Waals surface area contributed by atoms with Crippen molar-refractivity contribution in [2.24, 2.45) is 0 Å². The minimum atomic E-state index is -0.935. The van der Waals surface area contributed by atoms with Gasteiger partial charge < -0.3 is 30.5 Å². The molecule has 0 spiro atoms. The molecule has 142 valence electrons. The van der Waals surface area contributed by atoms with Gasteiger partial charge in [0.2, 0.25) is 0 Å². The third kappa shape index (κ3) is 18.3. The van der Waals surface area contributed by atoms with Crippen LogP contribution in [0.15, 0.2) is 24.3 Å². The molecule has 0 amide bonds. The molecular formula is C16H31NO7. The Morgan fingerprint density at radius 1 is 1.08 bits per heavy atom. The Kier molecular flexibility index (Phi) is 19.9. The van der Waals surface area contributed by atoms with E-state index in [0.717, 1.165) is 6.42 Å². The van der Waals surface area contributed by atoms with E-state index in [2.05, 4.69) is 18.5 Å². The molecule has 24 heavy (non-hydrogen) atoms. The quantitative estimate of drug-likeness (QED) is 0.383. The molecule has 0 aliphatic heterocycles. The van der Waals surface area contributed by atoms with Crippen LogP contribution < -0.4 is 5.32 Å². The second-order valence-electron chi connectivity index (χ2n) is 4.82. The van der Waals surface area contributed by atoms with Gasteiger partial charge in [0.15, 0.2) is 0 Å². The van der Waals surface area contributed by atoms with Gasteiger partial charge in [0.25, 0.3) is 0 Å². The Labute approximate surface area is 143 Å². The third-order valence-electron chi connectivity index (χ3n) is 2.60. The molecule has 0 heterocycles.